The van der Waals surface area contributed by atoms with Gasteiger partial charge in [0.2, 0.25) is 0 Å². The van der Waals surface area contributed by atoms with E-state index in [2.05, 4.69) is 15.6 Å². The summed E-state index contributed by atoms with van der Waals surface area (Å²) in [5, 5.41) is 5.87. The molecule has 0 atom stereocenters. The van der Waals surface area contributed by atoms with Crippen LogP contribution in [-0.4, -0.2) is 29.9 Å². The van der Waals surface area contributed by atoms with Crippen molar-refractivity contribution in [1.29, 1.82) is 0 Å². The van der Waals surface area contributed by atoms with Crippen LogP contribution in [0, 0.1) is 0 Å². The molecule has 0 spiro atoms. The highest BCUT2D eigenvalue weighted by Gasteiger charge is 2.18. The highest BCUT2D eigenvalue weighted by atomic mass is 16.5. The van der Waals surface area contributed by atoms with E-state index in [0.29, 0.717) is 17.0 Å². The SMILES string of the molecule is COc1ccccc1NC(=O)c1ccnc(C(=O)NC2CCCCCC2)c1. The Bertz CT molecular complexity index is 799. The summed E-state index contributed by atoms with van der Waals surface area (Å²) in [6.07, 6.45) is 8.21. The topological polar surface area (TPSA) is 80.3 Å². The average molecular weight is 367 g/mol. The number of rotatable bonds is 5. The molecule has 3 rings (SSSR count). The average Bonchev–Trinajstić information content (AvgIpc) is 2.97. The summed E-state index contributed by atoms with van der Waals surface area (Å²) in [7, 11) is 1.55. The number of para-hydroxylation sites is 2. The molecular formula is C21H25N3O3. The van der Waals surface area contributed by atoms with Gasteiger partial charge in [0.1, 0.15) is 11.4 Å². The van der Waals surface area contributed by atoms with Crippen molar-refractivity contribution in [2.75, 3.05) is 12.4 Å². The molecule has 2 amide bonds. The highest BCUT2D eigenvalue weighted by Crippen LogP contribution is 2.23. The van der Waals surface area contributed by atoms with Crippen LogP contribution in [0.1, 0.15) is 59.4 Å². The second kappa shape index (κ2) is 9.16. The van der Waals surface area contributed by atoms with E-state index in [-0.39, 0.29) is 23.6 Å². The zero-order chi connectivity index (χ0) is 19.1. The maximum atomic E-state index is 12.6. The summed E-state index contributed by atoms with van der Waals surface area (Å²) >= 11 is 0. The van der Waals surface area contributed by atoms with Gasteiger partial charge in [-0.2, -0.15) is 0 Å². The maximum Gasteiger partial charge on any atom is 0.270 e. The number of hydrogen-bond acceptors (Lipinski definition) is 4. The Hall–Kier alpha value is -2.89. The molecule has 1 aromatic heterocycles. The van der Waals surface area contributed by atoms with Crippen LogP contribution in [0.3, 0.4) is 0 Å². The zero-order valence-corrected chi connectivity index (χ0v) is 15.5. The molecule has 142 valence electrons. The van der Waals surface area contributed by atoms with Gasteiger partial charge in [0, 0.05) is 17.8 Å². The summed E-state index contributed by atoms with van der Waals surface area (Å²) in [5.74, 6) is 0.0329. The molecule has 0 saturated heterocycles. The van der Waals surface area contributed by atoms with E-state index in [1.54, 1.807) is 25.3 Å². The van der Waals surface area contributed by atoms with Crippen LogP contribution in [0.4, 0.5) is 5.69 Å². The third-order valence-electron chi connectivity index (χ3n) is 4.80. The number of carbonyl (C=O) groups is 2. The molecule has 1 saturated carbocycles. The Morgan fingerprint density at radius 3 is 2.52 bits per heavy atom. The number of pyridine rings is 1. The molecule has 2 N–H and O–H groups in total. The highest BCUT2D eigenvalue weighted by molar-refractivity contribution is 6.06. The first-order valence-corrected chi connectivity index (χ1v) is 9.38. The van der Waals surface area contributed by atoms with Crippen molar-refractivity contribution < 1.29 is 14.3 Å². The molecule has 1 aromatic carbocycles. The van der Waals surface area contributed by atoms with Gasteiger partial charge in [-0.15, -0.1) is 0 Å². The number of benzene rings is 1. The number of nitrogens with one attached hydrogen (secondary N) is 2. The molecule has 2 aromatic rings. The number of aromatic nitrogens is 1. The van der Waals surface area contributed by atoms with E-state index < -0.39 is 0 Å². The van der Waals surface area contributed by atoms with E-state index in [4.69, 9.17) is 4.74 Å². The molecule has 27 heavy (non-hydrogen) atoms. The Morgan fingerprint density at radius 2 is 1.78 bits per heavy atom. The lowest BCUT2D eigenvalue weighted by molar-refractivity contribution is 0.0928. The first-order chi connectivity index (χ1) is 13.2. The molecule has 1 aliphatic carbocycles. The predicted molar refractivity (Wildman–Crippen MR) is 104 cm³/mol. The lowest BCUT2D eigenvalue weighted by Gasteiger charge is -2.16. The van der Waals surface area contributed by atoms with Crippen LogP contribution < -0.4 is 15.4 Å². The van der Waals surface area contributed by atoms with E-state index in [9.17, 15) is 9.59 Å². The first-order valence-electron chi connectivity index (χ1n) is 9.38. The number of ether oxygens (including phenoxy) is 1. The standard InChI is InChI=1S/C21H25N3O3/c1-27-19-11-7-6-10-17(19)24-20(25)15-12-13-22-18(14-15)21(26)23-16-8-4-2-3-5-9-16/h6-7,10-14,16H,2-5,8-9H2,1H3,(H,23,26)(H,24,25). The van der Waals surface area contributed by atoms with Gasteiger partial charge in [0.25, 0.3) is 11.8 Å². The molecule has 0 radical (unpaired) electrons. The van der Waals surface area contributed by atoms with Gasteiger partial charge in [-0.3, -0.25) is 14.6 Å². The van der Waals surface area contributed by atoms with Crippen molar-refractivity contribution in [3.63, 3.8) is 0 Å². The maximum absolute atomic E-state index is 12.6. The smallest absolute Gasteiger partial charge is 0.270 e. The third kappa shape index (κ3) is 5.06. The molecule has 0 unspecified atom stereocenters. The molecule has 1 fully saturated rings. The van der Waals surface area contributed by atoms with Crippen molar-refractivity contribution >= 4 is 17.5 Å². The number of hydrogen-bond donors (Lipinski definition) is 2. The minimum absolute atomic E-state index is 0.188. The summed E-state index contributed by atoms with van der Waals surface area (Å²) in [6.45, 7) is 0. The third-order valence-corrected chi connectivity index (χ3v) is 4.80. The second-order valence-corrected chi connectivity index (χ2v) is 6.75. The van der Waals surface area contributed by atoms with Crippen LogP contribution in [0.2, 0.25) is 0 Å². The largest absolute Gasteiger partial charge is 0.495 e. The van der Waals surface area contributed by atoms with Crippen LogP contribution in [0.5, 0.6) is 5.75 Å². The van der Waals surface area contributed by atoms with Gasteiger partial charge in [-0.25, -0.2) is 0 Å². The van der Waals surface area contributed by atoms with Crippen LogP contribution >= 0.6 is 0 Å². The molecule has 1 aliphatic rings. The molecule has 0 bridgehead atoms. The number of methoxy groups -OCH3 is 1. The van der Waals surface area contributed by atoms with Crippen molar-refractivity contribution in [3.05, 3.63) is 53.9 Å². The number of anilines is 1. The van der Waals surface area contributed by atoms with Crippen molar-refractivity contribution in [2.45, 2.75) is 44.6 Å². The van der Waals surface area contributed by atoms with Gasteiger partial charge in [0.15, 0.2) is 0 Å². The van der Waals surface area contributed by atoms with E-state index in [0.717, 1.165) is 25.7 Å². The molecule has 0 aliphatic heterocycles. The second-order valence-electron chi connectivity index (χ2n) is 6.75. The molecule has 6 nitrogen and oxygen atoms in total. The summed E-state index contributed by atoms with van der Waals surface area (Å²) < 4.78 is 5.25. The van der Waals surface area contributed by atoms with Crippen molar-refractivity contribution in [3.8, 4) is 5.75 Å². The quantitative estimate of drug-likeness (QED) is 0.788. The fourth-order valence-corrected chi connectivity index (χ4v) is 3.32. The van der Waals surface area contributed by atoms with Crippen LogP contribution in [0.25, 0.3) is 0 Å². The lowest BCUT2D eigenvalue weighted by Crippen LogP contribution is -2.35. The first kappa shape index (κ1) is 18.9. The minimum atomic E-state index is -0.314. The fraction of sp³-hybridized carbons (Fsp3) is 0.381. The molecule has 1 heterocycles. The fourth-order valence-electron chi connectivity index (χ4n) is 3.32. The zero-order valence-electron chi connectivity index (χ0n) is 15.5. The number of carbonyl (C=O) groups excluding carboxylic acids is 2. The number of nitrogens with zero attached hydrogens (tertiary/aromatic N) is 1. The van der Waals surface area contributed by atoms with E-state index >= 15 is 0 Å². The minimum Gasteiger partial charge on any atom is -0.495 e. The monoisotopic (exact) mass is 367 g/mol. The number of amides is 2. The normalized spacial score (nSPS) is 14.9. The van der Waals surface area contributed by atoms with E-state index in [1.165, 1.54) is 25.1 Å². The van der Waals surface area contributed by atoms with Gasteiger partial charge >= 0.3 is 0 Å². The summed E-state index contributed by atoms with van der Waals surface area (Å²) in [4.78, 5) is 29.2. The predicted octanol–water partition coefficient (Wildman–Crippen LogP) is 3.80. The Morgan fingerprint density at radius 1 is 1.04 bits per heavy atom. The van der Waals surface area contributed by atoms with Crippen LogP contribution in [-0.2, 0) is 0 Å². The Kier molecular flexibility index (Phi) is 6.41. The molecular weight excluding hydrogens is 342 g/mol. The lowest BCUT2D eigenvalue weighted by atomic mass is 10.1. The Balaban J connectivity index is 1.68. The van der Waals surface area contributed by atoms with Gasteiger partial charge < -0.3 is 15.4 Å². The Labute approximate surface area is 159 Å². The summed E-state index contributed by atoms with van der Waals surface area (Å²) in [6, 6.07) is 10.5. The van der Waals surface area contributed by atoms with Gasteiger partial charge in [-0.05, 0) is 37.1 Å². The van der Waals surface area contributed by atoms with Gasteiger partial charge in [0.05, 0.1) is 12.8 Å². The molecule has 6 heteroatoms. The van der Waals surface area contributed by atoms with Gasteiger partial charge in [-0.1, -0.05) is 37.8 Å². The van der Waals surface area contributed by atoms with Crippen molar-refractivity contribution in [1.82, 2.24) is 10.3 Å². The summed E-state index contributed by atoms with van der Waals surface area (Å²) in [5.41, 5.74) is 1.21. The van der Waals surface area contributed by atoms with Crippen LogP contribution in [0.15, 0.2) is 42.6 Å². The van der Waals surface area contributed by atoms with E-state index in [1.807, 2.05) is 12.1 Å². The van der Waals surface area contributed by atoms with Crippen molar-refractivity contribution in [2.24, 2.45) is 0 Å².